The summed E-state index contributed by atoms with van der Waals surface area (Å²) in [6.45, 7) is 0. The van der Waals surface area contributed by atoms with Gasteiger partial charge in [0, 0.05) is 25.4 Å². The van der Waals surface area contributed by atoms with E-state index in [9.17, 15) is 14.4 Å². The Hall–Kier alpha value is -2.21. The van der Waals surface area contributed by atoms with Crippen molar-refractivity contribution in [2.75, 3.05) is 0 Å². The molecule has 0 unspecified atom stereocenters. The molecule has 0 spiro atoms. The van der Waals surface area contributed by atoms with Crippen molar-refractivity contribution in [3.8, 4) is 16.8 Å². The van der Waals surface area contributed by atoms with Crippen LogP contribution in [0.4, 0.5) is 0 Å². The Morgan fingerprint density at radius 1 is 0.677 bits per heavy atom. The van der Waals surface area contributed by atoms with E-state index in [1.54, 1.807) is 12.1 Å². The maximum absolute atomic E-state index is 11.5. The molecule has 2 N–H and O–H groups in total. The fourth-order valence-electron chi connectivity index (χ4n) is 3.92. The Balaban J connectivity index is 1.70. The van der Waals surface area contributed by atoms with Gasteiger partial charge in [-0.05, 0) is 71.8 Å². The van der Waals surface area contributed by atoms with Gasteiger partial charge < -0.3 is 14.4 Å². The van der Waals surface area contributed by atoms with Crippen LogP contribution in [-0.2, 0) is 4.57 Å². The molecule has 0 aliphatic rings. The number of rotatable bonds is 3. The lowest BCUT2D eigenvalue weighted by molar-refractivity contribution is 0.387. The molecule has 4 nitrogen and oxygen atoms in total. The lowest BCUT2D eigenvalue weighted by Crippen LogP contribution is -2.02. The maximum Gasteiger partial charge on any atom is 0.356 e. The molecule has 31 heavy (non-hydrogen) atoms. The van der Waals surface area contributed by atoms with Gasteiger partial charge in [-0.15, -0.1) is 0 Å². The van der Waals surface area contributed by atoms with E-state index in [0.717, 1.165) is 47.6 Å². The minimum absolute atomic E-state index is 0.0194. The lowest BCUT2D eigenvalue weighted by Gasteiger charge is -2.11. The van der Waals surface area contributed by atoms with Crippen LogP contribution < -0.4 is 5.30 Å². The summed E-state index contributed by atoms with van der Waals surface area (Å²) in [5, 5.41) is 2.33. The summed E-state index contributed by atoms with van der Waals surface area (Å²) >= 11 is 7.18. The zero-order chi connectivity index (χ0) is 21.8. The molecule has 0 atom stereocenters. The number of hydrogen-bond acceptors (Lipinski definition) is 1. The summed E-state index contributed by atoms with van der Waals surface area (Å²) in [4.78, 5) is 18.7. The van der Waals surface area contributed by atoms with Gasteiger partial charge in [-0.3, -0.25) is 4.57 Å². The van der Waals surface area contributed by atoms with Gasteiger partial charge in [0.2, 0.25) is 0 Å². The number of halogens is 2. The smallest absolute Gasteiger partial charge is 0.321 e. The minimum Gasteiger partial charge on any atom is -0.321 e. The molecule has 5 rings (SSSR count). The fourth-order valence-corrected chi connectivity index (χ4v) is 5.18. The molecular weight excluding hydrogens is 541 g/mol. The van der Waals surface area contributed by atoms with Crippen LogP contribution in [0.25, 0.3) is 38.6 Å². The van der Waals surface area contributed by atoms with Crippen molar-refractivity contribution in [3.63, 3.8) is 0 Å². The monoisotopic (exact) mass is 555 g/mol. The average molecular weight is 557 g/mol. The van der Waals surface area contributed by atoms with E-state index in [4.69, 9.17) is 0 Å². The highest BCUT2D eigenvalue weighted by atomic mass is 79.9. The predicted octanol–water partition coefficient (Wildman–Crippen LogP) is 6.78. The van der Waals surface area contributed by atoms with Crippen LogP contribution in [0, 0.1) is 0 Å². The topological polar surface area (TPSA) is 62.5 Å². The number of nitrogens with zero attached hydrogens (tertiary/aromatic N) is 1. The Morgan fingerprint density at radius 2 is 1.26 bits per heavy atom. The largest absolute Gasteiger partial charge is 0.356 e. The molecular formula is C24H16Br2NO3P. The molecule has 4 aromatic carbocycles. The van der Waals surface area contributed by atoms with Crippen molar-refractivity contribution in [1.29, 1.82) is 0 Å². The van der Waals surface area contributed by atoms with Crippen LogP contribution in [0.15, 0.2) is 93.9 Å². The molecule has 0 radical (unpaired) electrons. The van der Waals surface area contributed by atoms with Gasteiger partial charge in [-0.25, -0.2) is 0 Å². The lowest BCUT2D eigenvalue weighted by atomic mass is 10.1. The van der Waals surface area contributed by atoms with Crippen molar-refractivity contribution in [2.45, 2.75) is 0 Å². The third-order valence-electron chi connectivity index (χ3n) is 5.33. The maximum atomic E-state index is 11.5. The van der Waals surface area contributed by atoms with Gasteiger partial charge >= 0.3 is 7.60 Å². The number of fused-ring (bicyclic) bond motifs is 3. The van der Waals surface area contributed by atoms with Gasteiger partial charge in [0.1, 0.15) is 0 Å². The summed E-state index contributed by atoms with van der Waals surface area (Å²) in [7, 11) is -4.25. The Labute approximate surface area is 195 Å². The van der Waals surface area contributed by atoms with Crippen molar-refractivity contribution in [1.82, 2.24) is 4.57 Å². The minimum atomic E-state index is -4.25. The van der Waals surface area contributed by atoms with Crippen molar-refractivity contribution < 1.29 is 14.4 Å². The molecule has 0 fully saturated rings. The van der Waals surface area contributed by atoms with Crippen LogP contribution in [0.1, 0.15) is 0 Å². The van der Waals surface area contributed by atoms with E-state index in [-0.39, 0.29) is 5.30 Å². The van der Waals surface area contributed by atoms with E-state index in [0.29, 0.717) is 0 Å². The number of hydrogen-bond donors (Lipinski definition) is 2. The Kier molecular flexibility index (Phi) is 5.16. The van der Waals surface area contributed by atoms with Crippen molar-refractivity contribution in [3.05, 3.63) is 93.9 Å². The van der Waals surface area contributed by atoms with Crippen LogP contribution in [0.5, 0.6) is 0 Å². The van der Waals surface area contributed by atoms with E-state index in [1.165, 1.54) is 12.1 Å². The summed E-state index contributed by atoms with van der Waals surface area (Å²) in [5.41, 5.74) is 5.08. The van der Waals surface area contributed by atoms with Gasteiger partial charge in [0.05, 0.1) is 16.3 Å². The Bertz CT molecular complexity index is 1440. The molecule has 0 aliphatic heterocycles. The highest BCUT2D eigenvalue weighted by molar-refractivity contribution is 9.10. The molecule has 0 saturated heterocycles. The first kappa shape index (κ1) is 20.7. The van der Waals surface area contributed by atoms with Crippen molar-refractivity contribution >= 4 is 66.6 Å². The third kappa shape index (κ3) is 3.79. The average Bonchev–Trinajstić information content (AvgIpc) is 3.06. The molecule has 7 heteroatoms. The Morgan fingerprint density at radius 3 is 1.81 bits per heavy atom. The molecule has 0 aliphatic carbocycles. The molecule has 1 heterocycles. The summed E-state index contributed by atoms with van der Waals surface area (Å²) < 4.78 is 15.8. The zero-order valence-corrected chi connectivity index (χ0v) is 20.1. The van der Waals surface area contributed by atoms with Crippen molar-refractivity contribution in [2.24, 2.45) is 0 Å². The summed E-state index contributed by atoms with van der Waals surface area (Å²) in [6.07, 6.45) is 0. The fraction of sp³-hybridized carbons (Fsp3) is 0. The SMILES string of the molecule is O=P(O)(O)c1ccc(-c2cccc(-n3c4ccc(Br)cc4c4cc(Br)ccc43)c2)cc1. The van der Waals surface area contributed by atoms with E-state index < -0.39 is 7.60 Å². The summed E-state index contributed by atoms with van der Waals surface area (Å²) in [5.74, 6) is 0. The molecule has 0 bridgehead atoms. The molecule has 0 amide bonds. The van der Waals surface area contributed by atoms with Crippen LogP contribution in [0.2, 0.25) is 0 Å². The predicted molar refractivity (Wildman–Crippen MR) is 133 cm³/mol. The van der Waals surface area contributed by atoms with Crippen LogP contribution in [-0.4, -0.2) is 14.4 Å². The first-order valence-electron chi connectivity index (χ1n) is 9.47. The van der Waals surface area contributed by atoms with Gasteiger partial charge in [0.25, 0.3) is 0 Å². The van der Waals surface area contributed by atoms with Gasteiger partial charge in [0.15, 0.2) is 0 Å². The first-order valence-corrected chi connectivity index (χ1v) is 12.7. The highest BCUT2D eigenvalue weighted by Gasteiger charge is 2.17. The first-order chi connectivity index (χ1) is 14.8. The van der Waals surface area contributed by atoms with E-state index in [2.05, 4.69) is 72.8 Å². The molecule has 154 valence electrons. The third-order valence-corrected chi connectivity index (χ3v) is 7.29. The standard InChI is InChI=1S/C24H16Br2NO3P/c25-17-6-10-23-21(13-17)22-14-18(26)7-11-24(22)27(23)19-3-1-2-16(12-19)15-4-8-20(9-5-15)31(28,29)30/h1-14H,(H2,28,29,30). The second-order valence-corrected chi connectivity index (χ2v) is 10.7. The highest BCUT2D eigenvalue weighted by Crippen LogP contribution is 2.37. The second-order valence-electron chi connectivity index (χ2n) is 7.30. The molecule has 0 saturated carbocycles. The van der Waals surface area contributed by atoms with Gasteiger partial charge in [-0.1, -0.05) is 56.1 Å². The van der Waals surface area contributed by atoms with Gasteiger partial charge in [-0.2, -0.15) is 0 Å². The number of benzene rings is 4. The number of aromatic nitrogens is 1. The molecule has 1 aromatic heterocycles. The van der Waals surface area contributed by atoms with E-state index >= 15 is 0 Å². The second kappa shape index (κ2) is 7.73. The molecule has 5 aromatic rings. The quantitative estimate of drug-likeness (QED) is 0.241. The normalized spacial score (nSPS) is 12.0. The van der Waals surface area contributed by atoms with Crippen LogP contribution in [0.3, 0.4) is 0 Å². The summed E-state index contributed by atoms with van der Waals surface area (Å²) in [6, 6.07) is 27.2. The zero-order valence-electron chi connectivity index (χ0n) is 16.0. The van der Waals surface area contributed by atoms with Crippen LogP contribution >= 0.6 is 39.5 Å². The van der Waals surface area contributed by atoms with E-state index in [1.807, 2.05) is 24.3 Å².